The van der Waals surface area contributed by atoms with Gasteiger partial charge in [-0.05, 0) is 32.1 Å². The van der Waals surface area contributed by atoms with E-state index < -0.39 is 20.0 Å². The molecule has 9 heteroatoms. The van der Waals surface area contributed by atoms with Gasteiger partial charge in [0.1, 0.15) is 13.2 Å². The fourth-order valence-corrected chi connectivity index (χ4v) is 6.03. The van der Waals surface area contributed by atoms with Crippen LogP contribution >= 0.6 is 7.82 Å². The summed E-state index contributed by atoms with van der Waals surface area (Å²) in [4.78, 5) is 22.9. The Bertz CT molecular complexity index is 829. The second-order valence-corrected chi connectivity index (χ2v) is 15.8. The number of allylic oxidation sites excluding steroid dienone is 3. The summed E-state index contributed by atoms with van der Waals surface area (Å²) in [6.45, 7) is 4.76. The first-order chi connectivity index (χ1) is 22.5. The Balaban J connectivity index is 4.60. The summed E-state index contributed by atoms with van der Waals surface area (Å²) in [6, 6.07) is -0.855. The van der Waals surface area contributed by atoms with Crippen LogP contribution in [0.4, 0.5) is 0 Å². The maximum absolute atomic E-state index is 12.8. The number of nitrogens with zero attached hydrogens (tertiary/aromatic N) is 1. The van der Waals surface area contributed by atoms with Crippen LogP contribution in [0.1, 0.15) is 162 Å². The molecule has 47 heavy (non-hydrogen) atoms. The van der Waals surface area contributed by atoms with Crippen LogP contribution < -0.4 is 5.32 Å². The van der Waals surface area contributed by atoms with Gasteiger partial charge in [-0.15, -0.1) is 0 Å². The van der Waals surface area contributed by atoms with Gasteiger partial charge in [0.05, 0.1) is 39.9 Å². The first-order valence-electron chi connectivity index (χ1n) is 19.2. The summed E-state index contributed by atoms with van der Waals surface area (Å²) in [5.41, 5.74) is 0. The van der Waals surface area contributed by atoms with E-state index in [1.807, 2.05) is 27.2 Å². The van der Waals surface area contributed by atoms with E-state index in [4.69, 9.17) is 9.05 Å². The predicted molar refractivity (Wildman–Crippen MR) is 198 cm³/mol. The lowest BCUT2D eigenvalue weighted by molar-refractivity contribution is -0.870. The summed E-state index contributed by atoms with van der Waals surface area (Å²) in [5.74, 6) is -0.190. The second kappa shape index (κ2) is 31.0. The zero-order valence-corrected chi connectivity index (χ0v) is 32.2. The highest BCUT2D eigenvalue weighted by Crippen LogP contribution is 2.43. The fraction of sp³-hybridized carbons (Fsp3) is 0.868. The summed E-state index contributed by atoms with van der Waals surface area (Å²) in [7, 11) is 1.55. The van der Waals surface area contributed by atoms with Gasteiger partial charge >= 0.3 is 7.82 Å². The van der Waals surface area contributed by atoms with Crippen LogP contribution in [0.3, 0.4) is 0 Å². The highest BCUT2D eigenvalue weighted by atomic mass is 31.2. The first kappa shape index (κ1) is 46.0. The van der Waals surface area contributed by atoms with Gasteiger partial charge in [0, 0.05) is 6.42 Å². The van der Waals surface area contributed by atoms with Crippen LogP contribution in [-0.2, 0) is 18.4 Å². The quantitative estimate of drug-likeness (QED) is 0.0269. The molecule has 0 aromatic heterocycles. The van der Waals surface area contributed by atoms with Crippen LogP contribution in [0.15, 0.2) is 24.3 Å². The molecule has 1 amide bonds. The molecule has 0 aromatic rings. The third-order valence-electron chi connectivity index (χ3n) is 8.42. The topological polar surface area (TPSA) is 105 Å². The molecule has 0 fully saturated rings. The smallest absolute Gasteiger partial charge is 0.387 e. The van der Waals surface area contributed by atoms with Gasteiger partial charge in [-0.2, -0.15) is 0 Å². The zero-order chi connectivity index (χ0) is 35.1. The number of carbonyl (C=O) groups is 1. The SMILES string of the molecule is CCCCCCCCCC/C=C/CC/C=C/C(O)C(COP(=O)(O)OCC[N+](C)(C)C)NC(=O)CCCCCCCCCCCCC. The van der Waals surface area contributed by atoms with E-state index >= 15 is 0 Å². The fourth-order valence-electron chi connectivity index (χ4n) is 5.29. The molecule has 0 heterocycles. The maximum atomic E-state index is 12.8. The molecule has 3 unspecified atom stereocenters. The van der Waals surface area contributed by atoms with Crippen LogP contribution in [0.5, 0.6) is 0 Å². The molecule has 0 bridgehead atoms. The minimum absolute atomic E-state index is 0.0577. The highest BCUT2D eigenvalue weighted by molar-refractivity contribution is 7.47. The summed E-state index contributed by atoms with van der Waals surface area (Å²) >= 11 is 0. The average molecular weight is 688 g/mol. The number of phosphoric ester groups is 1. The van der Waals surface area contributed by atoms with Crippen molar-refractivity contribution in [3.05, 3.63) is 24.3 Å². The van der Waals surface area contributed by atoms with E-state index in [9.17, 15) is 19.4 Å². The lowest BCUT2D eigenvalue weighted by atomic mass is 10.0. The van der Waals surface area contributed by atoms with Gasteiger partial charge in [-0.25, -0.2) is 4.57 Å². The molecule has 0 aliphatic rings. The molecule has 0 saturated carbocycles. The van der Waals surface area contributed by atoms with Crippen molar-refractivity contribution in [2.75, 3.05) is 40.9 Å². The highest BCUT2D eigenvalue weighted by Gasteiger charge is 2.27. The lowest BCUT2D eigenvalue weighted by Gasteiger charge is -2.25. The summed E-state index contributed by atoms with van der Waals surface area (Å²) in [5, 5.41) is 13.7. The van der Waals surface area contributed by atoms with Gasteiger partial charge < -0.3 is 19.8 Å². The van der Waals surface area contributed by atoms with Gasteiger partial charge in [-0.1, -0.05) is 147 Å². The number of likely N-dealkylation sites (N-methyl/N-ethyl adjacent to an activating group) is 1. The Morgan fingerprint density at radius 1 is 0.702 bits per heavy atom. The molecule has 8 nitrogen and oxygen atoms in total. The van der Waals surface area contributed by atoms with Crippen LogP contribution in [0, 0.1) is 0 Å². The number of quaternary nitrogens is 1. The molecule has 0 aliphatic carbocycles. The normalized spacial score (nSPS) is 15.0. The third kappa shape index (κ3) is 33.3. The van der Waals surface area contributed by atoms with Crippen LogP contribution in [-0.4, -0.2) is 73.4 Å². The first-order valence-corrected chi connectivity index (χ1v) is 20.7. The zero-order valence-electron chi connectivity index (χ0n) is 31.3. The molecule has 0 aliphatic heterocycles. The van der Waals surface area contributed by atoms with E-state index in [0.717, 1.165) is 38.5 Å². The van der Waals surface area contributed by atoms with Crippen molar-refractivity contribution in [3.63, 3.8) is 0 Å². The van der Waals surface area contributed by atoms with Crippen molar-refractivity contribution in [2.45, 2.75) is 174 Å². The number of rotatable bonds is 34. The number of nitrogens with one attached hydrogen (secondary N) is 1. The van der Waals surface area contributed by atoms with E-state index in [-0.39, 0.29) is 19.1 Å². The Kier molecular flexibility index (Phi) is 30.3. The molecule has 3 N–H and O–H groups in total. The van der Waals surface area contributed by atoms with Crippen LogP contribution in [0.2, 0.25) is 0 Å². The third-order valence-corrected chi connectivity index (χ3v) is 9.41. The molecule has 0 radical (unpaired) electrons. The van der Waals surface area contributed by atoms with Crippen molar-refractivity contribution in [2.24, 2.45) is 0 Å². The molecule has 278 valence electrons. The molecular weight excluding hydrogens is 611 g/mol. The number of aliphatic hydroxyl groups excluding tert-OH is 1. The molecule has 3 atom stereocenters. The number of hydrogen-bond donors (Lipinski definition) is 3. The molecule has 0 saturated heterocycles. The minimum Gasteiger partial charge on any atom is -0.387 e. The lowest BCUT2D eigenvalue weighted by Crippen LogP contribution is -2.45. The number of unbranched alkanes of at least 4 members (excludes halogenated alkanes) is 19. The number of phosphoric acid groups is 1. The monoisotopic (exact) mass is 688 g/mol. The summed E-state index contributed by atoms with van der Waals surface area (Å²) in [6.07, 6.45) is 33.8. The number of hydrogen-bond acceptors (Lipinski definition) is 5. The predicted octanol–water partition coefficient (Wildman–Crippen LogP) is 9.80. The Morgan fingerprint density at radius 2 is 1.17 bits per heavy atom. The molecule has 0 spiro atoms. The van der Waals surface area contributed by atoms with E-state index in [1.165, 1.54) is 103 Å². The second-order valence-electron chi connectivity index (χ2n) is 14.3. The van der Waals surface area contributed by atoms with E-state index in [0.29, 0.717) is 17.4 Å². The van der Waals surface area contributed by atoms with Crippen molar-refractivity contribution in [1.29, 1.82) is 0 Å². The van der Waals surface area contributed by atoms with E-state index in [1.54, 1.807) is 6.08 Å². The number of amides is 1. The van der Waals surface area contributed by atoms with Gasteiger partial charge in [0.15, 0.2) is 0 Å². The van der Waals surface area contributed by atoms with Crippen LogP contribution in [0.25, 0.3) is 0 Å². The van der Waals surface area contributed by atoms with Gasteiger partial charge in [-0.3, -0.25) is 13.8 Å². The summed E-state index contributed by atoms with van der Waals surface area (Å²) < 4.78 is 23.4. The average Bonchev–Trinajstić information content (AvgIpc) is 3.01. The van der Waals surface area contributed by atoms with Crippen molar-refractivity contribution < 1.29 is 32.9 Å². The molecular formula is C38H76N2O6P+. The standard InChI is InChI=1S/C38H75N2O6P/c1-6-8-10-12-14-16-18-19-20-22-23-25-27-29-31-37(41)36(35-46-47(43,44)45-34-33-40(3,4)5)39-38(42)32-30-28-26-24-21-17-15-13-11-9-7-2/h22-23,29,31,36-37,41H,6-21,24-28,30,32-35H2,1-5H3,(H-,39,42,43,44)/p+1/b23-22+,31-29+. The number of carbonyl (C=O) groups excluding carboxylic acids is 1. The van der Waals surface area contributed by atoms with Gasteiger partial charge in [0.2, 0.25) is 5.91 Å². The molecule has 0 rings (SSSR count). The number of aliphatic hydroxyl groups is 1. The van der Waals surface area contributed by atoms with Gasteiger partial charge in [0.25, 0.3) is 0 Å². The van der Waals surface area contributed by atoms with Crippen molar-refractivity contribution in [3.8, 4) is 0 Å². The Morgan fingerprint density at radius 3 is 1.70 bits per heavy atom. The Hall–Kier alpha value is -1.02. The maximum Gasteiger partial charge on any atom is 0.472 e. The molecule has 0 aromatic carbocycles. The largest absolute Gasteiger partial charge is 0.472 e. The van der Waals surface area contributed by atoms with Crippen molar-refractivity contribution in [1.82, 2.24) is 5.32 Å². The Labute approximate surface area is 290 Å². The van der Waals surface area contributed by atoms with Crippen molar-refractivity contribution >= 4 is 13.7 Å². The minimum atomic E-state index is -4.33. The van der Waals surface area contributed by atoms with E-state index in [2.05, 4.69) is 31.3 Å².